The van der Waals surface area contributed by atoms with Crippen molar-refractivity contribution in [3.05, 3.63) is 27.1 Å². The Morgan fingerprint density at radius 2 is 2.15 bits per heavy atom. The monoisotopic (exact) mass is 378 g/mol. The normalized spacial score (nSPS) is 16.8. The van der Waals surface area contributed by atoms with Crippen LogP contribution in [0.15, 0.2) is 11.1 Å². The Bertz CT molecular complexity index is 883. The first-order valence-electron chi connectivity index (χ1n) is 8.56. The summed E-state index contributed by atoms with van der Waals surface area (Å²) in [6, 6.07) is 0. The summed E-state index contributed by atoms with van der Waals surface area (Å²) in [5.41, 5.74) is 0.653. The number of carbonyl (C=O) groups is 2. The molecule has 1 aliphatic heterocycles. The van der Waals surface area contributed by atoms with Crippen molar-refractivity contribution in [2.24, 2.45) is 0 Å². The van der Waals surface area contributed by atoms with Gasteiger partial charge in [-0.25, -0.2) is 4.98 Å². The highest BCUT2D eigenvalue weighted by molar-refractivity contribution is 7.18. The molecule has 0 bridgehead atoms. The Balaban J connectivity index is 1.54. The summed E-state index contributed by atoms with van der Waals surface area (Å²) in [5.74, 6) is -0.691. The van der Waals surface area contributed by atoms with Gasteiger partial charge in [-0.1, -0.05) is 0 Å². The summed E-state index contributed by atoms with van der Waals surface area (Å²) >= 11 is 1.46. The number of amides is 2. The van der Waals surface area contributed by atoms with Gasteiger partial charge < -0.3 is 15.4 Å². The number of thiophene rings is 1. The number of aryl methyl sites for hydroxylation is 2. The molecule has 0 aliphatic carbocycles. The summed E-state index contributed by atoms with van der Waals surface area (Å²) in [5, 5.41) is 5.81. The molecular formula is C17H22N4O4S. The van der Waals surface area contributed by atoms with E-state index in [0.717, 1.165) is 29.9 Å². The van der Waals surface area contributed by atoms with Crippen LogP contribution in [0.4, 0.5) is 0 Å². The molecule has 9 heteroatoms. The van der Waals surface area contributed by atoms with Crippen LogP contribution < -0.4 is 16.2 Å². The van der Waals surface area contributed by atoms with Gasteiger partial charge >= 0.3 is 0 Å². The van der Waals surface area contributed by atoms with Crippen LogP contribution in [0.1, 0.15) is 23.3 Å². The quantitative estimate of drug-likeness (QED) is 0.761. The molecule has 0 spiro atoms. The van der Waals surface area contributed by atoms with Crippen LogP contribution in [-0.2, 0) is 20.9 Å². The van der Waals surface area contributed by atoms with Gasteiger partial charge in [0.25, 0.3) is 5.56 Å². The van der Waals surface area contributed by atoms with Crippen molar-refractivity contribution in [1.82, 2.24) is 20.2 Å². The molecule has 1 saturated heterocycles. The number of carbonyl (C=O) groups excluding carboxylic acids is 2. The molecular weight excluding hydrogens is 356 g/mol. The number of nitrogens with one attached hydrogen (secondary N) is 2. The lowest BCUT2D eigenvalue weighted by atomic mass is 10.2. The van der Waals surface area contributed by atoms with E-state index in [-0.39, 0.29) is 30.7 Å². The second-order valence-electron chi connectivity index (χ2n) is 6.36. The lowest BCUT2D eigenvalue weighted by Gasteiger charge is -2.11. The second kappa shape index (κ2) is 7.96. The Labute approximate surface area is 154 Å². The first kappa shape index (κ1) is 18.5. The predicted molar refractivity (Wildman–Crippen MR) is 98.3 cm³/mol. The SMILES string of the molecule is Cc1sc2ncn(CC(=O)NCC(=O)NC[C@H]3CCCO3)c(=O)c2c1C. The van der Waals surface area contributed by atoms with E-state index in [2.05, 4.69) is 15.6 Å². The van der Waals surface area contributed by atoms with Crippen molar-refractivity contribution in [3.8, 4) is 0 Å². The van der Waals surface area contributed by atoms with Crippen LogP contribution in [0.5, 0.6) is 0 Å². The number of rotatable bonds is 6. The summed E-state index contributed by atoms with van der Waals surface area (Å²) in [7, 11) is 0. The molecule has 8 nitrogen and oxygen atoms in total. The van der Waals surface area contributed by atoms with Crippen LogP contribution in [0.2, 0.25) is 0 Å². The maximum Gasteiger partial charge on any atom is 0.262 e. The van der Waals surface area contributed by atoms with Crippen LogP contribution in [0, 0.1) is 13.8 Å². The standard InChI is InChI=1S/C17H22N4O4S/c1-10-11(2)26-16-15(10)17(24)21(9-20-16)8-14(23)19-7-13(22)18-6-12-4-3-5-25-12/h9,12H,3-8H2,1-2H3,(H,18,22)(H,19,23)/t12-/m1/s1. The lowest BCUT2D eigenvalue weighted by Crippen LogP contribution is -2.41. The lowest BCUT2D eigenvalue weighted by molar-refractivity contribution is -0.126. The Hall–Kier alpha value is -2.26. The van der Waals surface area contributed by atoms with Crippen molar-refractivity contribution in [1.29, 1.82) is 0 Å². The fourth-order valence-corrected chi connectivity index (χ4v) is 3.86. The molecule has 1 atom stereocenters. The van der Waals surface area contributed by atoms with Gasteiger partial charge in [0.15, 0.2) is 0 Å². The van der Waals surface area contributed by atoms with Gasteiger partial charge in [-0.3, -0.25) is 19.0 Å². The number of hydrogen-bond acceptors (Lipinski definition) is 6. The highest BCUT2D eigenvalue weighted by Gasteiger charge is 2.17. The molecule has 2 aromatic rings. The molecule has 3 rings (SSSR count). The van der Waals surface area contributed by atoms with Crippen LogP contribution in [0.3, 0.4) is 0 Å². The molecule has 2 N–H and O–H groups in total. The predicted octanol–water partition coefficient (Wildman–Crippen LogP) is 0.486. The zero-order chi connectivity index (χ0) is 18.7. The minimum Gasteiger partial charge on any atom is -0.376 e. The molecule has 140 valence electrons. The Morgan fingerprint density at radius 3 is 2.88 bits per heavy atom. The highest BCUT2D eigenvalue weighted by Crippen LogP contribution is 2.25. The fraction of sp³-hybridized carbons (Fsp3) is 0.529. The highest BCUT2D eigenvalue weighted by atomic mass is 32.1. The maximum atomic E-state index is 12.5. The van der Waals surface area contributed by atoms with Crippen LogP contribution >= 0.6 is 11.3 Å². The van der Waals surface area contributed by atoms with Gasteiger partial charge in [-0.2, -0.15) is 0 Å². The van der Waals surface area contributed by atoms with E-state index >= 15 is 0 Å². The van der Waals surface area contributed by atoms with Crippen molar-refractivity contribution in [2.75, 3.05) is 19.7 Å². The number of nitrogens with zero attached hydrogens (tertiary/aromatic N) is 2. The van der Waals surface area contributed by atoms with E-state index in [9.17, 15) is 14.4 Å². The summed E-state index contributed by atoms with van der Waals surface area (Å²) < 4.78 is 6.69. The van der Waals surface area contributed by atoms with Crippen molar-refractivity contribution >= 4 is 33.4 Å². The number of ether oxygens (including phenoxy) is 1. The summed E-state index contributed by atoms with van der Waals surface area (Å²) in [4.78, 5) is 42.3. The minimum atomic E-state index is -0.412. The molecule has 2 aromatic heterocycles. The van der Waals surface area contributed by atoms with Gasteiger partial charge in [0, 0.05) is 18.0 Å². The molecule has 1 aliphatic rings. The number of fused-ring (bicyclic) bond motifs is 1. The Kier molecular flexibility index (Phi) is 5.67. The van der Waals surface area contributed by atoms with E-state index in [1.807, 2.05) is 13.8 Å². The first-order valence-corrected chi connectivity index (χ1v) is 9.37. The van der Waals surface area contributed by atoms with Gasteiger partial charge in [0.05, 0.1) is 24.4 Å². The van der Waals surface area contributed by atoms with E-state index in [0.29, 0.717) is 16.8 Å². The van der Waals surface area contributed by atoms with E-state index in [1.165, 1.54) is 22.2 Å². The molecule has 0 aromatic carbocycles. The smallest absolute Gasteiger partial charge is 0.262 e. The second-order valence-corrected chi connectivity index (χ2v) is 7.56. The van der Waals surface area contributed by atoms with E-state index in [1.54, 1.807) is 0 Å². The van der Waals surface area contributed by atoms with E-state index < -0.39 is 5.91 Å². The minimum absolute atomic E-state index is 0.0586. The third-order valence-electron chi connectivity index (χ3n) is 4.47. The van der Waals surface area contributed by atoms with Gasteiger partial charge in [-0.05, 0) is 32.3 Å². The third-order valence-corrected chi connectivity index (χ3v) is 5.58. The van der Waals surface area contributed by atoms with Crippen molar-refractivity contribution in [3.63, 3.8) is 0 Å². The van der Waals surface area contributed by atoms with E-state index in [4.69, 9.17) is 4.74 Å². The average Bonchev–Trinajstić information content (AvgIpc) is 3.23. The zero-order valence-electron chi connectivity index (χ0n) is 14.8. The third kappa shape index (κ3) is 4.10. The summed E-state index contributed by atoms with van der Waals surface area (Å²) in [6.07, 6.45) is 3.38. The first-order chi connectivity index (χ1) is 12.5. The Morgan fingerprint density at radius 1 is 1.35 bits per heavy atom. The van der Waals surface area contributed by atoms with Crippen molar-refractivity contribution in [2.45, 2.75) is 39.3 Å². The molecule has 2 amide bonds. The largest absolute Gasteiger partial charge is 0.376 e. The van der Waals surface area contributed by atoms with Gasteiger partial charge in [0.1, 0.15) is 11.4 Å². The molecule has 26 heavy (non-hydrogen) atoms. The number of aromatic nitrogens is 2. The maximum absolute atomic E-state index is 12.5. The van der Waals surface area contributed by atoms with Gasteiger partial charge in [-0.15, -0.1) is 11.3 Å². The van der Waals surface area contributed by atoms with Gasteiger partial charge in [0.2, 0.25) is 11.8 Å². The molecule has 0 radical (unpaired) electrons. The van der Waals surface area contributed by atoms with Crippen molar-refractivity contribution < 1.29 is 14.3 Å². The fourth-order valence-electron chi connectivity index (χ4n) is 2.87. The number of hydrogen-bond donors (Lipinski definition) is 2. The van der Waals surface area contributed by atoms with Crippen LogP contribution in [-0.4, -0.2) is 47.2 Å². The zero-order valence-corrected chi connectivity index (χ0v) is 15.6. The molecule has 1 fully saturated rings. The average molecular weight is 378 g/mol. The molecule has 0 unspecified atom stereocenters. The molecule has 3 heterocycles. The molecule has 0 saturated carbocycles. The van der Waals surface area contributed by atoms with Crippen LogP contribution in [0.25, 0.3) is 10.2 Å². The topological polar surface area (TPSA) is 102 Å². The summed E-state index contributed by atoms with van der Waals surface area (Å²) in [6.45, 7) is 4.69.